The summed E-state index contributed by atoms with van der Waals surface area (Å²) < 4.78 is 44.8. The minimum atomic E-state index is -4.59. The topological polar surface area (TPSA) is 116 Å². The fraction of sp³-hybridized carbons (Fsp3) is 0.250. The number of amides is 3. The number of β-lactam (4-membered cyclic amide) rings is 1. The summed E-state index contributed by atoms with van der Waals surface area (Å²) >= 11 is 0. The number of nitrogens with one attached hydrogen (secondary N) is 1. The van der Waals surface area contributed by atoms with Gasteiger partial charge in [-0.15, -0.1) is 0 Å². The van der Waals surface area contributed by atoms with Crippen LogP contribution in [0.2, 0.25) is 0 Å². The zero-order chi connectivity index (χ0) is 31.4. The van der Waals surface area contributed by atoms with E-state index in [-0.39, 0.29) is 18.7 Å². The van der Waals surface area contributed by atoms with Crippen LogP contribution in [0, 0.1) is 0 Å². The van der Waals surface area contributed by atoms with Gasteiger partial charge in [-0.05, 0) is 28.8 Å². The van der Waals surface area contributed by atoms with E-state index in [1.54, 1.807) is 48.6 Å². The van der Waals surface area contributed by atoms with Crippen LogP contribution in [0.1, 0.15) is 34.7 Å². The number of cyclic esters (lactones) is 1. The standard InChI is InChI=1S/C32H28F3N3O6/c33-32(34,35)23-13-7-10-21(16-23)18-36-29(41)25(17-27(39)40)37-24(15-14-20-8-3-1-4-9-20)28(30(37)42)38-26(19-44-31(38)43)22-11-5-2-6-12-22/h1-16,24-26,28H,17-19H2,(H,36,41)(H,39,40)/t24-,25+,26-,28+/m0/s1. The van der Waals surface area contributed by atoms with E-state index in [9.17, 15) is 37.5 Å². The number of carbonyl (C=O) groups excluding carboxylic acids is 3. The fourth-order valence-corrected chi connectivity index (χ4v) is 5.45. The Kier molecular flexibility index (Phi) is 8.70. The Morgan fingerprint density at radius 1 is 1.00 bits per heavy atom. The van der Waals surface area contributed by atoms with E-state index >= 15 is 0 Å². The Balaban J connectivity index is 1.44. The van der Waals surface area contributed by atoms with Crippen LogP contribution in [-0.4, -0.2) is 63.5 Å². The molecule has 12 heteroatoms. The van der Waals surface area contributed by atoms with Gasteiger partial charge < -0.3 is 20.1 Å². The molecule has 0 spiro atoms. The van der Waals surface area contributed by atoms with Gasteiger partial charge in [0.15, 0.2) is 0 Å². The summed E-state index contributed by atoms with van der Waals surface area (Å²) in [5.41, 5.74) is 0.735. The molecule has 2 heterocycles. The zero-order valence-electron chi connectivity index (χ0n) is 23.2. The van der Waals surface area contributed by atoms with Crippen LogP contribution in [-0.2, 0) is 31.8 Å². The molecule has 4 atom stereocenters. The quantitative estimate of drug-likeness (QED) is 0.324. The molecule has 0 radical (unpaired) electrons. The van der Waals surface area contributed by atoms with E-state index in [1.165, 1.54) is 17.0 Å². The maximum atomic E-state index is 13.8. The summed E-state index contributed by atoms with van der Waals surface area (Å²) in [5, 5.41) is 12.1. The molecule has 2 fully saturated rings. The number of halogens is 3. The summed E-state index contributed by atoms with van der Waals surface area (Å²) in [6.07, 6.45) is -2.75. The first kappa shape index (κ1) is 30.3. The van der Waals surface area contributed by atoms with Crippen LogP contribution >= 0.6 is 0 Å². The number of carboxylic acid groups (broad SMARTS) is 1. The number of aliphatic carboxylic acids is 1. The molecule has 5 rings (SSSR count). The number of alkyl halides is 3. The fourth-order valence-electron chi connectivity index (χ4n) is 5.45. The molecule has 0 aromatic heterocycles. The average molecular weight is 608 g/mol. The van der Waals surface area contributed by atoms with Crippen molar-refractivity contribution in [3.05, 3.63) is 113 Å². The third kappa shape index (κ3) is 6.43. The van der Waals surface area contributed by atoms with Gasteiger partial charge in [0.05, 0.1) is 24.1 Å². The van der Waals surface area contributed by atoms with E-state index in [0.29, 0.717) is 0 Å². The predicted molar refractivity (Wildman–Crippen MR) is 152 cm³/mol. The largest absolute Gasteiger partial charge is 0.481 e. The Bertz CT molecular complexity index is 1560. The Labute approximate surface area is 250 Å². The van der Waals surface area contributed by atoms with Gasteiger partial charge in [0, 0.05) is 6.54 Å². The van der Waals surface area contributed by atoms with Crippen molar-refractivity contribution in [2.24, 2.45) is 0 Å². The number of rotatable bonds is 10. The normalized spacial score (nSPS) is 20.8. The molecule has 3 aromatic carbocycles. The first-order valence-electron chi connectivity index (χ1n) is 13.8. The van der Waals surface area contributed by atoms with Gasteiger partial charge in [-0.3, -0.25) is 19.3 Å². The molecule has 44 heavy (non-hydrogen) atoms. The van der Waals surface area contributed by atoms with Crippen molar-refractivity contribution in [1.82, 2.24) is 15.1 Å². The molecule has 9 nitrogen and oxygen atoms in total. The SMILES string of the molecule is O=C(O)C[C@H](C(=O)NCc1cccc(C(F)(F)F)c1)N1C(=O)[C@H](N2C(=O)OC[C@H]2c2ccccc2)[C@@H]1C=Cc1ccccc1. The Morgan fingerprint density at radius 2 is 1.68 bits per heavy atom. The minimum Gasteiger partial charge on any atom is -0.481 e. The van der Waals surface area contributed by atoms with Crippen molar-refractivity contribution < 1.29 is 42.2 Å². The van der Waals surface area contributed by atoms with Gasteiger partial charge in [0.2, 0.25) is 11.8 Å². The highest BCUT2D eigenvalue weighted by Crippen LogP contribution is 2.39. The highest BCUT2D eigenvalue weighted by atomic mass is 19.4. The second-order valence-electron chi connectivity index (χ2n) is 10.4. The number of nitrogens with zero attached hydrogens (tertiary/aromatic N) is 2. The van der Waals surface area contributed by atoms with Crippen LogP contribution in [0.25, 0.3) is 6.08 Å². The number of hydrogen-bond acceptors (Lipinski definition) is 5. The first-order chi connectivity index (χ1) is 21.0. The first-order valence-corrected chi connectivity index (χ1v) is 13.8. The summed E-state index contributed by atoms with van der Waals surface area (Å²) in [7, 11) is 0. The molecule has 3 amide bonds. The summed E-state index contributed by atoms with van der Waals surface area (Å²) in [5.74, 6) is -2.89. The lowest BCUT2D eigenvalue weighted by Crippen LogP contribution is -2.74. The lowest BCUT2D eigenvalue weighted by Gasteiger charge is -2.52. The van der Waals surface area contributed by atoms with Gasteiger partial charge in [0.25, 0.3) is 0 Å². The van der Waals surface area contributed by atoms with Crippen LogP contribution in [0.4, 0.5) is 18.0 Å². The number of ether oxygens (including phenoxy) is 1. The zero-order valence-corrected chi connectivity index (χ0v) is 23.2. The second kappa shape index (κ2) is 12.6. The van der Waals surface area contributed by atoms with Crippen LogP contribution in [0.5, 0.6) is 0 Å². The molecule has 228 valence electrons. The van der Waals surface area contributed by atoms with Gasteiger partial charge in [-0.2, -0.15) is 13.2 Å². The average Bonchev–Trinajstić information content (AvgIpc) is 3.38. The Morgan fingerprint density at radius 3 is 2.34 bits per heavy atom. The summed E-state index contributed by atoms with van der Waals surface area (Å²) in [6.45, 7) is -0.332. The number of likely N-dealkylation sites (tertiary alicyclic amines) is 1. The monoisotopic (exact) mass is 607 g/mol. The molecule has 2 N–H and O–H groups in total. The van der Waals surface area contributed by atoms with E-state index in [4.69, 9.17) is 4.74 Å². The highest BCUT2D eigenvalue weighted by molar-refractivity contribution is 5.99. The van der Waals surface area contributed by atoms with Crippen LogP contribution in [0.3, 0.4) is 0 Å². The van der Waals surface area contributed by atoms with E-state index in [2.05, 4.69) is 5.32 Å². The van der Waals surface area contributed by atoms with E-state index in [0.717, 1.165) is 28.2 Å². The number of carbonyl (C=O) groups is 4. The summed E-state index contributed by atoms with van der Waals surface area (Å²) in [4.78, 5) is 54.4. The molecule has 3 aromatic rings. The molecule has 2 aliphatic heterocycles. The second-order valence-corrected chi connectivity index (χ2v) is 10.4. The van der Waals surface area contributed by atoms with Crippen molar-refractivity contribution in [2.45, 2.75) is 43.3 Å². The lowest BCUT2D eigenvalue weighted by molar-refractivity contribution is -0.165. The van der Waals surface area contributed by atoms with Crippen molar-refractivity contribution in [3.8, 4) is 0 Å². The molecule has 0 saturated carbocycles. The van der Waals surface area contributed by atoms with Gasteiger partial charge >= 0.3 is 18.2 Å². The number of hydrogen-bond donors (Lipinski definition) is 2. The van der Waals surface area contributed by atoms with E-state index < -0.39 is 66.2 Å². The number of carboxylic acids is 1. The smallest absolute Gasteiger partial charge is 0.416 e. The maximum absolute atomic E-state index is 13.8. The molecule has 0 unspecified atom stereocenters. The molecule has 2 aliphatic rings. The van der Waals surface area contributed by atoms with Gasteiger partial charge in [-0.25, -0.2) is 4.79 Å². The van der Waals surface area contributed by atoms with Crippen molar-refractivity contribution in [2.75, 3.05) is 6.61 Å². The van der Waals surface area contributed by atoms with Crippen molar-refractivity contribution in [1.29, 1.82) is 0 Å². The van der Waals surface area contributed by atoms with Crippen LogP contribution in [0.15, 0.2) is 91.0 Å². The third-order valence-corrected chi connectivity index (χ3v) is 7.56. The summed E-state index contributed by atoms with van der Waals surface area (Å²) in [6, 6.07) is 18.3. The van der Waals surface area contributed by atoms with Crippen LogP contribution < -0.4 is 5.32 Å². The lowest BCUT2D eigenvalue weighted by atomic mass is 9.87. The van der Waals surface area contributed by atoms with Gasteiger partial charge in [0.1, 0.15) is 18.7 Å². The third-order valence-electron chi connectivity index (χ3n) is 7.56. The molecule has 0 aliphatic carbocycles. The highest BCUT2D eigenvalue weighted by Gasteiger charge is 2.58. The molecular weight excluding hydrogens is 579 g/mol. The predicted octanol–water partition coefficient (Wildman–Crippen LogP) is 4.65. The molecule has 2 saturated heterocycles. The number of benzene rings is 3. The van der Waals surface area contributed by atoms with Crippen molar-refractivity contribution >= 4 is 30.0 Å². The minimum absolute atomic E-state index is 0.00221. The molecular formula is C32H28F3N3O6. The maximum Gasteiger partial charge on any atom is 0.416 e. The Hall–Kier alpha value is -5.13. The molecule has 0 bridgehead atoms. The van der Waals surface area contributed by atoms with E-state index in [1.807, 2.05) is 24.3 Å². The van der Waals surface area contributed by atoms with Crippen molar-refractivity contribution in [3.63, 3.8) is 0 Å². The van der Waals surface area contributed by atoms with Gasteiger partial charge in [-0.1, -0.05) is 84.9 Å².